The maximum atomic E-state index is 10.3. The molecule has 0 spiro atoms. The molecule has 1 atom stereocenters. The summed E-state index contributed by atoms with van der Waals surface area (Å²) in [5, 5.41) is 17.5. The molecule has 1 aromatic heterocycles. The first-order chi connectivity index (χ1) is 10.7. The van der Waals surface area contributed by atoms with Crippen LogP contribution in [0.3, 0.4) is 0 Å². The van der Waals surface area contributed by atoms with E-state index in [0.29, 0.717) is 5.92 Å². The second-order valence-corrected chi connectivity index (χ2v) is 6.42. The number of aromatic amines is 1. The summed E-state index contributed by atoms with van der Waals surface area (Å²) in [7, 11) is 0. The number of nitrogens with zero attached hydrogens (tertiary/aromatic N) is 4. The molecule has 3 rings (SSSR count). The standard InChI is InChI=1S/C15H27N5O2/c1-12-16-15(18-17-12)13-2-4-19(5-3-13)10-14(21)11-20-6-8-22-9-7-20/h13-14,21H,2-11H2,1H3,(H,16,17,18). The topological polar surface area (TPSA) is 77.5 Å². The van der Waals surface area contributed by atoms with Gasteiger partial charge in [-0.3, -0.25) is 10.00 Å². The lowest BCUT2D eigenvalue weighted by molar-refractivity contribution is 0.00503. The molecule has 2 aliphatic heterocycles. The summed E-state index contributed by atoms with van der Waals surface area (Å²) < 4.78 is 5.34. The highest BCUT2D eigenvalue weighted by Gasteiger charge is 2.25. The Kier molecular flexibility index (Phi) is 5.41. The van der Waals surface area contributed by atoms with Crippen molar-refractivity contribution in [2.45, 2.75) is 31.8 Å². The normalized spacial score (nSPS) is 23.7. The quantitative estimate of drug-likeness (QED) is 0.796. The molecule has 0 aromatic carbocycles. The molecular weight excluding hydrogens is 282 g/mol. The van der Waals surface area contributed by atoms with E-state index < -0.39 is 0 Å². The number of aliphatic hydroxyl groups is 1. The average Bonchev–Trinajstić information content (AvgIpc) is 2.95. The Balaban J connectivity index is 1.39. The van der Waals surface area contributed by atoms with Gasteiger partial charge >= 0.3 is 0 Å². The maximum absolute atomic E-state index is 10.3. The van der Waals surface area contributed by atoms with Gasteiger partial charge in [-0.15, -0.1) is 0 Å². The zero-order valence-electron chi connectivity index (χ0n) is 13.4. The molecule has 2 aliphatic rings. The van der Waals surface area contributed by atoms with Crippen LogP contribution in [-0.4, -0.2) is 88.7 Å². The van der Waals surface area contributed by atoms with Crippen molar-refractivity contribution in [3.63, 3.8) is 0 Å². The molecule has 7 nitrogen and oxygen atoms in total. The smallest absolute Gasteiger partial charge is 0.153 e. The molecule has 22 heavy (non-hydrogen) atoms. The van der Waals surface area contributed by atoms with Crippen molar-refractivity contribution in [3.8, 4) is 0 Å². The number of likely N-dealkylation sites (tertiary alicyclic amines) is 1. The van der Waals surface area contributed by atoms with Gasteiger partial charge in [0.15, 0.2) is 5.82 Å². The zero-order chi connectivity index (χ0) is 15.4. The Morgan fingerprint density at radius 2 is 1.82 bits per heavy atom. The van der Waals surface area contributed by atoms with Gasteiger partial charge in [-0.05, 0) is 32.9 Å². The summed E-state index contributed by atoms with van der Waals surface area (Å²) in [6.45, 7) is 8.92. The first-order valence-corrected chi connectivity index (χ1v) is 8.30. The summed E-state index contributed by atoms with van der Waals surface area (Å²) in [6, 6.07) is 0. The Bertz CT molecular complexity index is 453. The van der Waals surface area contributed by atoms with Crippen molar-refractivity contribution in [1.29, 1.82) is 0 Å². The second-order valence-electron chi connectivity index (χ2n) is 6.42. The molecule has 124 valence electrons. The highest BCUT2D eigenvalue weighted by Crippen LogP contribution is 2.25. The fourth-order valence-corrected chi connectivity index (χ4v) is 3.35. The summed E-state index contributed by atoms with van der Waals surface area (Å²) in [5.74, 6) is 2.29. The van der Waals surface area contributed by atoms with Gasteiger partial charge in [0.1, 0.15) is 5.82 Å². The van der Waals surface area contributed by atoms with E-state index in [9.17, 15) is 5.11 Å². The predicted molar refractivity (Wildman–Crippen MR) is 82.8 cm³/mol. The van der Waals surface area contributed by atoms with Crippen molar-refractivity contribution >= 4 is 0 Å². The van der Waals surface area contributed by atoms with Gasteiger partial charge in [-0.25, -0.2) is 4.98 Å². The molecule has 7 heteroatoms. The summed E-state index contributed by atoms with van der Waals surface area (Å²) in [4.78, 5) is 9.10. The number of nitrogens with one attached hydrogen (secondary N) is 1. The van der Waals surface area contributed by atoms with Crippen LogP contribution < -0.4 is 0 Å². The number of H-pyrrole nitrogens is 1. The van der Waals surface area contributed by atoms with E-state index in [4.69, 9.17) is 4.74 Å². The predicted octanol–water partition coefficient (Wildman–Crippen LogP) is -0.0144. The molecule has 0 bridgehead atoms. The van der Waals surface area contributed by atoms with Crippen LogP contribution in [0.25, 0.3) is 0 Å². The zero-order valence-corrected chi connectivity index (χ0v) is 13.4. The minimum atomic E-state index is -0.277. The van der Waals surface area contributed by atoms with E-state index in [1.165, 1.54) is 0 Å². The maximum Gasteiger partial charge on any atom is 0.153 e. The molecule has 0 radical (unpaired) electrons. The number of aromatic nitrogens is 3. The highest BCUT2D eigenvalue weighted by atomic mass is 16.5. The molecule has 1 unspecified atom stereocenters. The molecule has 0 amide bonds. The Labute approximate surface area is 131 Å². The van der Waals surface area contributed by atoms with Crippen LogP contribution >= 0.6 is 0 Å². The van der Waals surface area contributed by atoms with Crippen molar-refractivity contribution in [3.05, 3.63) is 11.6 Å². The van der Waals surface area contributed by atoms with Gasteiger partial charge in [0, 0.05) is 32.1 Å². The van der Waals surface area contributed by atoms with E-state index in [0.717, 1.165) is 77.0 Å². The van der Waals surface area contributed by atoms with Crippen LogP contribution in [0.1, 0.15) is 30.4 Å². The lowest BCUT2D eigenvalue weighted by atomic mass is 9.96. The van der Waals surface area contributed by atoms with Crippen molar-refractivity contribution in [1.82, 2.24) is 25.0 Å². The summed E-state index contributed by atoms with van der Waals surface area (Å²) in [6.07, 6.45) is 1.86. The molecule has 0 saturated carbocycles. The molecule has 3 heterocycles. The number of piperidine rings is 1. The van der Waals surface area contributed by atoms with Crippen LogP contribution in [0.4, 0.5) is 0 Å². The largest absolute Gasteiger partial charge is 0.390 e. The van der Waals surface area contributed by atoms with Crippen molar-refractivity contribution < 1.29 is 9.84 Å². The average molecular weight is 309 g/mol. The van der Waals surface area contributed by atoms with Gasteiger partial charge < -0.3 is 14.7 Å². The fraction of sp³-hybridized carbons (Fsp3) is 0.867. The van der Waals surface area contributed by atoms with Gasteiger partial charge in [-0.2, -0.15) is 5.10 Å². The first-order valence-electron chi connectivity index (χ1n) is 8.30. The first kappa shape index (κ1) is 15.9. The Hall–Kier alpha value is -1.02. The van der Waals surface area contributed by atoms with Gasteiger partial charge in [0.25, 0.3) is 0 Å². The minimum Gasteiger partial charge on any atom is -0.390 e. The fourth-order valence-electron chi connectivity index (χ4n) is 3.35. The highest BCUT2D eigenvalue weighted by molar-refractivity contribution is 4.99. The minimum absolute atomic E-state index is 0.277. The SMILES string of the molecule is Cc1nc(C2CCN(CC(O)CN3CCOCC3)CC2)n[nH]1. The van der Waals surface area contributed by atoms with E-state index in [2.05, 4.69) is 25.0 Å². The third kappa shape index (κ3) is 4.25. The number of aliphatic hydroxyl groups excluding tert-OH is 1. The lowest BCUT2D eigenvalue weighted by Gasteiger charge is -2.34. The third-order valence-corrected chi connectivity index (χ3v) is 4.61. The second kappa shape index (κ2) is 7.50. The van der Waals surface area contributed by atoms with Gasteiger partial charge in [0.05, 0.1) is 19.3 Å². The summed E-state index contributed by atoms with van der Waals surface area (Å²) >= 11 is 0. The van der Waals surface area contributed by atoms with E-state index >= 15 is 0 Å². The molecule has 2 N–H and O–H groups in total. The third-order valence-electron chi connectivity index (χ3n) is 4.61. The molecule has 2 fully saturated rings. The number of morpholine rings is 1. The van der Waals surface area contributed by atoms with Gasteiger partial charge in [-0.1, -0.05) is 0 Å². The van der Waals surface area contributed by atoms with Crippen LogP contribution in [-0.2, 0) is 4.74 Å². The number of ether oxygens (including phenoxy) is 1. The lowest BCUT2D eigenvalue weighted by Crippen LogP contribution is -2.46. The summed E-state index contributed by atoms with van der Waals surface area (Å²) in [5.41, 5.74) is 0. The van der Waals surface area contributed by atoms with Crippen LogP contribution in [0.2, 0.25) is 0 Å². The molecule has 2 saturated heterocycles. The van der Waals surface area contributed by atoms with Crippen LogP contribution in [0.5, 0.6) is 0 Å². The molecule has 1 aromatic rings. The van der Waals surface area contributed by atoms with Gasteiger partial charge in [0.2, 0.25) is 0 Å². The van der Waals surface area contributed by atoms with Crippen molar-refractivity contribution in [2.24, 2.45) is 0 Å². The molecular formula is C15H27N5O2. The monoisotopic (exact) mass is 309 g/mol. The number of hydrogen-bond donors (Lipinski definition) is 2. The Morgan fingerprint density at radius 1 is 1.18 bits per heavy atom. The number of rotatable bonds is 5. The van der Waals surface area contributed by atoms with Crippen LogP contribution in [0.15, 0.2) is 0 Å². The number of hydrogen-bond acceptors (Lipinski definition) is 6. The van der Waals surface area contributed by atoms with Crippen LogP contribution in [0, 0.1) is 6.92 Å². The molecule has 0 aliphatic carbocycles. The number of β-amino-alcohol motifs (C(OH)–C–C–N with tert-alkyl or cyclic N) is 1. The van der Waals surface area contributed by atoms with Crippen molar-refractivity contribution in [2.75, 3.05) is 52.5 Å². The number of aryl methyl sites for hydroxylation is 1. The van der Waals surface area contributed by atoms with E-state index in [-0.39, 0.29) is 6.10 Å². The Morgan fingerprint density at radius 3 is 2.41 bits per heavy atom. The van der Waals surface area contributed by atoms with E-state index in [1.807, 2.05) is 6.92 Å². The van der Waals surface area contributed by atoms with E-state index in [1.54, 1.807) is 0 Å².